The van der Waals surface area contributed by atoms with Crippen molar-refractivity contribution >= 4 is 37.6 Å². The maximum Gasteiger partial charge on any atom is 0.197 e. The summed E-state index contributed by atoms with van der Waals surface area (Å²) >= 11 is 6.64. The predicted octanol–water partition coefficient (Wildman–Crippen LogP) is 5.21. The van der Waals surface area contributed by atoms with Crippen molar-refractivity contribution in [2.24, 2.45) is 0 Å². The van der Waals surface area contributed by atoms with Crippen LogP contribution < -0.4 is 4.74 Å². The summed E-state index contributed by atoms with van der Waals surface area (Å²) in [6.45, 7) is 3.69. The number of hydrogen-bond acceptors (Lipinski definition) is 2. The second-order valence-electron chi connectivity index (χ2n) is 4.70. The first-order chi connectivity index (χ1) is 9.85. The number of hydrogen-bond donors (Lipinski definition) is 0. The minimum absolute atomic E-state index is 0.269. The van der Waals surface area contributed by atoms with E-state index >= 15 is 0 Å². The highest BCUT2D eigenvalue weighted by Gasteiger charge is 2.21. The van der Waals surface area contributed by atoms with E-state index in [1.165, 1.54) is 19.2 Å². The summed E-state index contributed by atoms with van der Waals surface area (Å²) in [7, 11) is 1.52. The number of ketones is 1. The van der Waals surface area contributed by atoms with Crippen molar-refractivity contribution in [1.82, 2.24) is 0 Å². The van der Waals surface area contributed by atoms with Crippen LogP contribution in [0.15, 0.2) is 33.2 Å². The van der Waals surface area contributed by atoms with E-state index in [-0.39, 0.29) is 11.3 Å². The summed E-state index contributed by atoms with van der Waals surface area (Å²) < 4.78 is 20.2. The molecule has 0 bridgehead atoms. The third-order valence-electron chi connectivity index (χ3n) is 3.22. The smallest absolute Gasteiger partial charge is 0.197 e. The molecule has 2 nitrogen and oxygen atoms in total. The van der Waals surface area contributed by atoms with Gasteiger partial charge in [-0.1, -0.05) is 31.9 Å². The molecule has 0 N–H and O–H groups in total. The molecule has 0 aromatic heterocycles. The van der Waals surface area contributed by atoms with Crippen LogP contribution in [0.5, 0.6) is 5.75 Å². The molecule has 0 amide bonds. The Hall–Kier alpha value is -1.20. The van der Waals surface area contributed by atoms with E-state index in [2.05, 4.69) is 31.9 Å². The molecule has 0 spiro atoms. The van der Waals surface area contributed by atoms with E-state index in [9.17, 15) is 9.18 Å². The van der Waals surface area contributed by atoms with Gasteiger partial charge in [0.1, 0.15) is 11.6 Å². The van der Waals surface area contributed by atoms with Crippen molar-refractivity contribution in [1.29, 1.82) is 0 Å². The Morgan fingerprint density at radius 2 is 1.81 bits per heavy atom. The van der Waals surface area contributed by atoms with E-state index in [1.807, 2.05) is 19.9 Å². The summed E-state index contributed by atoms with van der Waals surface area (Å²) in [6, 6.07) is 6.03. The molecule has 0 aliphatic carbocycles. The third-order valence-corrected chi connectivity index (χ3v) is 4.50. The summed E-state index contributed by atoms with van der Waals surface area (Å²) in [5, 5.41) is 0. The first kappa shape index (κ1) is 16.2. The Labute approximate surface area is 139 Å². The molecule has 21 heavy (non-hydrogen) atoms. The van der Waals surface area contributed by atoms with E-state index < -0.39 is 5.82 Å². The van der Waals surface area contributed by atoms with Crippen molar-refractivity contribution in [3.8, 4) is 5.75 Å². The topological polar surface area (TPSA) is 26.3 Å². The number of halogens is 3. The Bertz CT molecular complexity index is 706. The van der Waals surface area contributed by atoms with E-state index in [4.69, 9.17) is 4.74 Å². The second kappa shape index (κ2) is 6.28. The zero-order chi connectivity index (χ0) is 15.7. The third kappa shape index (κ3) is 3.19. The summed E-state index contributed by atoms with van der Waals surface area (Å²) in [6.07, 6.45) is 0. The van der Waals surface area contributed by atoms with Gasteiger partial charge in [-0.25, -0.2) is 4.39 Å². The Morgan fingerprint density at radius 3 is 2.38 bits per heavy atom. The maximum absolute atomic E-state index is 13.5. The van der Waals surface area contributed by atoms with Gasteiger partial charge in [-0.3, -0.25) is 4.79 Å². The molecular weight excluding hydrogens is 403 g/mol. The summed E-state index contributed by atoms with van der Waals surface area (Å²) in [5.41, 5.74) is 2.33. The molecule has 0 saturated carbocycles. The highest BCUT2D eigenvalue weighted by atomic mass is 79.9. The van der Waals surface area contributed by atoms with Crippen LogP contribution in [0.25, 0.3) is 0 Å². The van der Waals surface area contributed by atoms with Crippen molar-refractivity contribution in [2.75, 3.05) is 7.11 Å². The van der Waals surface area contributed by atoms with Crippen LogP contribution in [0.2, 0.25) is 0 Å². The lowest BCUT2D eigenvalue weighted by Gasteiger charge is -2.15. The number of rotatable bonds is 3. The predicted molar refractivity (Wildman–Crippen MR) is 87.7 cm³/mol. The molecule has 110 valence electrons. The molecule has 0 saturated heterocycles. The standard InChI is InChI=1S/C16H13Br2FO2/c1-8-4-13(18)9(2)14(16(8)21-3)15(20)10-5-11(17)7-12(19)6-10/h4-7H,1-3H3. The quantitative estimate of drug-likeness (QED) is 0.643. The van der Waals surface area contributed by atoms with E-state index in [0.717, 1.165) is 15.6 Å². The molecule has 0 radical (unpaired) electrons. The molecule has 2 aromatic carbocycles. The summed E-state index contributed by atoms with van der Waals surface area (Å²) in [5.74, 6) is -0.217. The molecule has 0 atom stereocenters. The first-order valence-electron chi connectivity index (χ1n) is 6.19. The van der Waals surface area contributed by atoms with Crippen molar-refractivity contribution in [3.63, 3.8) is 0 Å². The van der Waals surface area contributed by atoms with Gasteiger partial charge in [0.05, 0.1) is 12.7 Å². The second-order valence-corrected chi connectivity index (χ2v) is 6.47. The minimum atomic E-state index is -0.462. The number of carbonyl (C=O) groups excluding carboxylic acids is 1. The minimum Gasteiger partial charge on any atom is -0.496 e. The molecule has 2 aromatic rings. The van der Waals surface area contributed by atoms with Crippen LogP contribution in [-0.2, 0) is 0 Å². The lowest BCUT2D eigenvalue weighted by molar-refractivity contribution is 0.103. The van der Waals surface area contributed by atoms with Gasteiger partial charge in [-0.2, -0.15) is 0 Å². The van der Waals surface area contributed by atoms with Crippen LogP contribution in [0.3, 0.4) is 0 Å². The number of ether oxygens (including phenoxy) is 1. The highest BCUT2D eigenvalue weighted by molar-refractivity contribution is 9.10. The SMILES string of the molecule is COc1c(C)cc(Br)c(C)c1C(=O)c1cc(F)cc(Br)c1. The lowest BCUT2D eigenvalue weighted by Crippen LogP contribution is -2.08. The van der Waals surface area contributed by atoms with E-state index in [0.29, 0.717) is 15.8 Å². The average Bonchev–Trinajstić information content (AvgIpc) is 2.40. The Morgan fingerprint density at radius 1 is 1.14 bits per heavy atom. The normalized spacial score (nSPS) is 10.6. The molecule has 0 fully saturated rings. The molecule has 0 aliphatic heterocycles. The van der Waals surface area contributed by atoms with Gasteiger partial charge in [0.15, 0.2) is 5.78 Å². The number of methoxy groups -OCH3 is 1. The number of carbonyl (C=O) groups is 1. The molecule has 2 rings (SSSR count). The van der Waals surface area contributed by atoms with Gasteiger partial charge in [-0.15, -0.1) is 0 Å². The molecule has 0 unspecified atom stereocenters. The van der Waals surface area contributed by atoms with Crippen LogP contribution in [0.1, 0.15) is 27.0 Å². The Kier molecular flexibility index (Phi) is 4.84. The van der Waals surface area contributed by atoms with Crippen LogP contribution in [0, 0.1) is 19.7 Å². The van der Waals surface area contributed by atoms with Crippen molar-refractivity contribution in [3.05, 3.63) is 61.3 Å². The van der Waals surface area contributed by atoms with Gasteiger partial charge >= 0.3 is 0 Å². The van der Waals surface area contributed by atoms with Gasteiger partial charge in [0, 0.05) is 14.5 Å². The van der Waals surface area contributed by atoms with Crippen molar-refractivity contribution < 1.29 is 13.9 Å². The number of aryl methyl sites for hydroxylation is 1. The zero-order valence-electron chi connectivity index (χ0n) is 11.8. The van der Waals surface area contributed by atoms with Gasteiger partial charge in [0.2, 0.25) is 0 Å². The fourth-order valence-electron chi connectivity index (χ4n) is 2.22. The fourth-order valence-corrected chi connectivity index (χ4v) is 3.22. The monoisotopic (exact) mass is 414 g/mol. The maximum atomic E-state index is 13.5. The first-order valence-corrected chi connectivity index (χ1v) is 7.78. The Balaban J connectivity index is 2.68. The fraction of sp³-hybridized carbons (Fsp3) is 0.188. The lowest BCUT2D eigenvalue weighted by atomic mass is 9.96. The van der Waals surface area contributed by atoms with Gasteiger partial charge < -0.3 is 4.74 Å². The molecule has 0 heterocycles. The van der Waals surface area contributed by atoms with Crippen LogP contribution >= 0.6 is 31.9 Å². The molecule has 0 aliphatic rings. The van der Waals surface area contributed by atoms with Gasteiger partial charge in [0.25, 0.3) is 0 Å². The molecular formula is C16H13Br2FO2. The van der Waals surface area contributed by atoms with Crippen LogP contribution in [-0.4, -0.2) is 12.9 Å². The van der Waals surface area contributed by atoms with Crippen molar-refractivity contribution in [2.45, 2.75) is 13.8 Å². The molecule has 5 heteroatoms. The van der Waals surface area contributed by atoms with Crippen LogP contribution in [0.4, 0.5) is 4.39 Å². The zero-order valence-corrected chi connectivity index (χ0v) is 14.9. The summed E-state index contributed by atoms with van der Waals surface area (Å²) in [4.78, 5) is 12.8. The van der Waals surface area contributed by atoms with E-state index in [1.54, 1.807) is 6.07 Å². The largest absolute Gasteiger partial charge is 0.496 e. The number of benzene rings is 2. The highest BCUT2D eigenvalue weighted by Crippen LogP contribution is 2.34. The average molecular weight is 416 g/mol. The van der Waals surface area contributed by atoms with Gasteiger partial charge in [-0.05, 0) is 49.2 Å².